The summed E-state index contributed by atoms with van der Waals surface area (Å²) in [5, 5.41) is 0. The monoisotopic (exact) mass is 263 g/mol. The molecule has 1 heterocycles. The third-order valence-corrected chi connectivity index (χ3v) is 4.96. The lowest BCUT2D eigenvalue weighted by Gasteiger charge is -2.10. The minimum atomic E-state index is 0.652. The zero-order chi connectivity index (χ0) is 13.4. The molecule has 2 fully saturated rings. The Bertz CT molecular complexity index is 584. The fourth-order valence-corrected chi connectivity index (χ4v) is 3.71. The summed E-state index contributed by atoms with van der Waals surface area (Å²) in [4.78, 5) is 4.99. The second-order valence-electron chi connectivity index (χ2n) is 6.33. The maximum absolute atomic E-state index is 4.99. The standard InChI is InChI=1S/C19H21N/c1-2-7-14(8-3-1)16-13-17(16)19-12-6-11-18(20-19)15-9-4-5-10-15/h1-3,6-8,11-12,15-17H,4-5,9-10,13H2/t16-,17+/m0/s1. The van der Waals surface area contributed by atoms with Gasteiger partial charge >= 0.3 is 0 Å². The number of hydrogen-bond donors (Lipinski definition) is 0. The normalized spacial score (nSPS) is 25.8. The molecule has 1 nitrogen and oxygen atoms in total. The van der Waals surface area contributed by atoms with E-state index < -0.39 is 0 Å². The predicted octanol–water partition coefficient (Wildman–Crippen LogP) is 5.01. The second kappa shape index (κ2) is 5.05. The molecule has 2 aliphatic carbocycles. The van der Waals surface area contributed by atoms with Gasteiger partial charge < -0.3 is 0 Å². The van der Waals surface area contributed by atoms with Gasteiger partial charge in [-0.3, -0.25) is 4.98 Å². The fourth-order valence-electron chi connectivity index (χ4n) is 3.71. The molecule has 0 N–H and O–H groups in total. The molecular weight excluding hydrogens is 242 g/mol. The highest BCUT2D eigenvalue weighted by Crippen LogP contribution is 2.54. The van der Waals surface area contributed by atoms with Crippen LogP contribution in [0.25, 0.3) is 0 Å². The van der Waals surface area contributed by atoms with Crippen molar-refractivity contribution in [2.45, 2.75) is 49.9 Å². The van der Waals surface area contributed by atoms with Gasteiger partial charge in [0.05, 0.1) is 0 Å². The molecule has 2 aliphatic rings. The van der Waals surface area contributed by atoms with Gasteiger partial charge in [-0.1, -0.05) is 49.2 Å². The maximum atomic E-state index is 4.99. The number of hydrogen-bond acceptors (Lipinski definition) is 1. The molecule has 0 amide bonds. The Hall–Kier alpha value is -1.63. The van der Waals surface area contributed by atoms with Crippen molar-refractivity contribution in [1.29, 1.82) is 0 Å². The van der Waals surface area contributed by atoms with Crippen LogP contribution in [0.5, 0.6) is 0 Å². The van der Waals surface area contributed by atoms with Gasteiger partial charge in [-0.25, -0.2) is 0 Å². The highest BCUT2D eigenvalue weighted by Gasteiger charge is 2.40. The molecule has 102 valence electrons. The van der Waals surface area contributed by atoms with Crippen LogP contribution in [-0.4, -0.2) is 4.98 Å². The quantitative estimate of drug-likeness (QED) is 0.758. The van der Waals surface area contributed by atoms with Crippen LogP contribution in [0.15, 0.2) is 48.5 Å². The lowest BCUT2D eigenvalue weighted by atomic mass is 10.0. The highest BCUT2D eigenvalue weighted by molar-refractivity contribution is 5.34. The topological polar surface area (TPSA) is 12.9 Å². The van der Waals surface area contributed by atoms with Gasteiger partial charge in [0.1, 0.15) is 0 Å². The second-order valence-corrected chi connectivity index (χ2v) is 6.33. The molecule has 0 aliphatic heterocycles. The molecule has 0 radical (unpaired) electrons. The molecule has 0 unspecified atom stereocenters. The summed E-state index contributed by atoms with van der Waals surface area (Å²) in [5.41, 5.74) is 4.15. The van der Waals surface area contributed by atoms with Crippen LogP contribution in [0.2, 0.25) is 0 Å². The summed E-state index contributed by atoms with van der Waals surface area (Å²) in [5.74, 6) is 2.07. The maximum Gasteiger partial charge on any atom is 0.0444 e. The Balaban J connectivity index is 1.54. The smallest absolute Gasteiger partial charge is 0.0444 e. The van der Waals surface area contributed by atoms with E-state index in [1.807, 2.05) is 0 Å². The average molecular weight is 263 g/mol. The Kier molecular flexibility index (Phi) is 3.06. The first-order valence-electron chi connectivity index (χ1n) is 7.93. The minimum absolute atomic E-state index is 0.652. The molecule has 2 aromatic rings. The van der Waals surface area contributed by atoms with Crippen LogP contribution in [0.4, 0.5) is 0 Å². The molecule has 2 saturated carbocycles. The van der Waals surface area contributed by atoms with E-state index in [4.69, 9.17) is 4.98 Å². The molecular formula is C19H21N. The van der Waals surface area contributed by atoms with E-state index >= 15 is 0 Å². The van der Waals surface area contributed by atoms with Crippen LogP contribution in [0.3, 0.4) is 0 Å². The lowest BCUT2D eigenvalue weighted by Crippen LogP contribution is -1.99. The van der Waals surface area contributed by atoms with Crippen molar-refractivity contribution in [1.82, 2.24) is 4.98 Å². The first kappa shape index (κ1) is 12.1. The zero-order valence-corrected chi connectivity index (χ0v) is 11.8. The van der Waals surface area contributed by atoms with Gasteiger partial charge in [0.15, 0.2) is 0 Å². The summed E-state index contributed by atoms with van der Waals surface area (Å²) in [6.45, 7) is 0. The zero-order valence-electron chi connectivity index (χ0n) is 11.8. The van der Waals surface area contributed by atoms with Crippen molar-refractivity contribution in [2.24, 2.45) is 0 Å². The summed E-state index contributed by atoms with van der Waals surface area (Å²) >= 11 is 0. The van der Waals surface area contributed by atoms with Crippen molar-refractivity contribution in [2.75, 3.05) is 0 Å². The number of nitrogens with zero attached hydrogens (tertiary/aromatic N) is 1. The highest BCUT2D eigenvalue weighted by atomic mass is 14.8. The summed E-state index contributed by atoms with van der Waals surface area (Å²) < 4.78 is 0. The van der Waals surface area contributed by atoms with Crippen LogP contribution in [0, 0.1) is 0 Å². The van der Waals surface area contributed by atoms with Crippen molar-refractivity contribution < 1.29 is 0 Å². The van der Waals surface area contributed by atoms with Gasteiger partial charge in [0.2, 0.25) is 0 Å². The number of pyridine rings is 1. The molecule has 0 bridgehead atoms. The Morgan fingerprint density at radius 2 is 1.50 bits per heavy atom. The van der Waals surface area contributed by atoms with Crippen molar-refractivity contribution in [3.8, 4) is 0 Å². The largest absolute Gasteiger partial charge is 0.257 e. The summed E-state index contributed by atoms with van der Waals surface area (Å²) in [7, 11) is 0. The molecule has 4 rings (SSSR count). The Morgan fingerprint density at radius 1 is 0.750 bits per heavy atom. The minimum Gasteiger partial charge on any atom is -0.257 e. The van der Waals surface area contributed by atoms with E-state index in [-0.39, 0.29) is 0 Å². The third-order valence-electron chi connectivity index (χ3n) is 4.96. The first-order valence-corrected chi connectivity index (χ1v) is 7.93. The molecule has 2 atom stereocenters. The van der Waals surface area contributed by atoms with Gasteiger partial charge in [-0.15, -0.1) is 0 Å². The molecule has 1 aromatic heterocycles. The summed E-state index contributed by atoms with van der Waals surface area (Å²) in [6.07, 6.45) is 6.71. The molecule has 0 saturated heterocycles. The fraction of sp³-hybridized carbons (Fsp3) is 0.421. The van der Waals surface area contributed by atoms with E-state index in [1.54, 1.807) is 0 Å². The van der Waals surface area contributed by atoms with Crippen LogP contribution in [0.1, 0.15) is 66.8 Å². The lowest BCUT2D eigenvalue weighted by molar-refractivity contribution is 0.690. The molecule has 1 heteroatoms. The van der Waals surface area contributed by atoms with E-state index in [9.17, 15) is 0 Å². The van der Waals surface area contributed by atoms with E-state index in [0.717, 1.165) is 5.92 Å². The first-order chi connectivity index (χ1) is 9.92. The van der Waals surface area contributed by atoms with Gasteiger partial charge in [-0.05, 0) is 42.9 Å². The van der Waals surface area contributed by atoms with E-state index in [2.05, 4.69) is 48.5 Å². The number of rotatable bonds is 3. The van der Waals surface area contributed by atoms with E-state index in [0.29, 0.717) is 11.8 Å². The average Bonchev–Trinajstić information content (AvgIpc) is 3.13. The van der Waals surface area contributed by atoms with Crippen LogP contribution < -0.4 is 0 Å². The van der Waals surface area contributed by atoms with Gasteiger partial charge in [0, 0.05) is 23.2 Å². The van der Waals surface area contributed by atoms with E-state index in [1.165, 1.54) is 49.1 Å². The third kappa shape index (κ3) is 2.26. The summed E-state index contributed by atoms with van der Waals surface area (Å²) in [6, 6.07) is 17.6. The Labute approximate surface area is 121 Å². The van der Waals surface area contributed by atoms with Crippen molar-refractivity contribution in [3.63, 3.8) is 0 Å². The SMILES string of the molecule is c1ccc([C@@H]2C[C@H]2c2cccc(C3CCCC3)n2)cc1. The van der Waals surface area contributed by atoms with Crippen LogP contribution in [-0.2, 0) is 0 Å². The van der Waals surface area contributed by atoms with Crippen molar-refractivity contribution >= 4 is 0 Å². The number of aromatic nitrogens is 1. The van der Waals surface area contributed by atoms with Crippen LogP contribution >= 0.6 is 0 Å². The molecule has 0 spiro atoms. The predicted molar refractivity (Wildman–Crippen MR) is 82.0 cm³/mol. The molecule has 1 aromatic carbocycles. The number of benzene rings is 1. The van der Waals surface area contributed by atoms with Crippen molar-refractivity contribution in [3.05, 3.63) is 65.5 Å². The van der Waals surface area contributed by atoms with Gasteiger partial charge in [0.25, 0.3) is 0 Å². The Morgan fingerprint density at radius 3 is 2.30 bits per heavy atom. The molecule has 20 heavy (non-hydrogen) atoms. The van der Waals surface area contributed by atoms with Gasteiger partial charge in [-0.2, -0.15) is 0 Å².